The van der Waals surface area contributed by atoms with E-state index in [1.54, 1.807) is 16.7 Å². The molecule has 2 atom stereocenters. The zero-order valence-corrected chi connectivity index (χ0v) is 12.8. The summed E-state index contributed by atoms with van der Waals surface area (Å²) in [6, 6.07) is 3.70. The molecule has 2 fully saturated rings. The Kier molecular flexibility index (Phi) is 3.71. The van der Waals surface area contributed by atoms with Crippen LogP contribution in [0.4, 0.5) is 0 Å². The number of amides is 1. The van der Waals surface area contributed by atoms with Gasteiger partial charge in [-0.3, -0.25) is 9.78 Å². The van der Waals surface area contributed by atoms with Crippen molar-refractivity contribution in [2.45, 2.75) is 37.9 Å². The summed E-state index contributed by atoms with van der Waals surface area (Å²) in [7, 11) is -3.20. The Hall–Kier alpha value is -1.47. The fourth-order valence-electron chi connectivity index (χ4n) is 3.41. The second kappa shape index (κ2) is 5.38. The number of nitrogens with zero attached hydrogens (tertiary/aromatic N) is 3. The Bertz CT molecular complexity index is 632. The summed E-state index contributed by atoms with van der Waals surface area (Å²) in [5, 5.41) is 0. The van der Waals surface area contributed by atoms with E-state index >= 15 is 0 Å². The predicted molar refractivity (Wildman–Crippen MR) is 77.8 cm³/mol. The highest BCUT2D eigenvalue weighted by Gasteiger charge is 2.46. The van der Waals surface area contributed by atoms with Gasteiger partial charge in [0.05, 0.1) is 6.26 Å². The lowest BCUT2D eigenvalue weighted by Crippen LogP contribution is -2.52. The van der Waals surface area contributed by atoms with Crippen molar-refractivity contribution in [3.8, 4) is 0 Å². The third kappa shape index (κ3) is 2.80. The zero-order chi connectivity index (χ0) is 15.0. The van der Waals surface area contributed by atoms with Crippen molar-refractivity contribution >= 4 is 15.9 Å². The first-order chi connectivity index (χ1) is 9.97. The molecule has 0 bridgehead atoms. The average Bonchev–Trinajstić information content (AvgIpc) is 2.87. The number of carbonyl (C=O) groups excluding carboxylic acids is 1. The van der Waals surface area contributed by atoms with Crippen molar-refractivity contribution in [1.82, 2.24) is 14.2 Å². The minimum Gasteiger partial charge on any atom is -0.334 e. The fourth-order valence-corrected chi connectivity index (χ4v) is 4.59. The molecule has 7 heteroatoms. The highest BCUT2D eigenvalue weighted by atomic mass is 32.2. The van der Waals surface area contributed by atoms with Gasteiger partial charge in [0.25, 0.3) is 0 Å². The second-order valence-electron chi connectivity index (χ2n) is 5.71. The molecule has 3 heterocycles. The van der Waals surface area contributed by atoms with Crippen LogP contribution in [0.2, 0.25) is 0 Å². The maximum absolute atomic E-state index is 12.2. The quantitative estimate of drug-likeness (QED) is 0.820. The lowest BCUT2D eigenvalue weighted by atomic mass is 9.96. The van der Waals surface area contributed by atoms with Gasteiger partial charge >= 0.3 is 0 Å². The van der Waals surface area contributed by atoms with Gasteiger partial charge in [0.15, 0.2) is 0 Å². The lowest BCUT2D eigenvalue weighted by molar-refractivity contribution is -0.138. The monoisotopic (exact) mass is 309 g/mol. The standard InChI is InChI=1S/C14H19N3O3S/c1-21(19,20)17-9-6-12-13(17)2-3-14(18)16(12)10-11-4-7-15-8-5-11/h4-5,7-8,12-13H,2-3,6,9-10H2,1H3/t12-,13-/m1/s1. The van der Waals surface area contributed by atoms with Crippen LogP contribution >= 0.6 is 0 Å². The molecule has 6 nitrogen and oxygen atoms in total. The van der Waals surface area contributed by atoms with E-state index in [1.807, 2.05) is 17.0 Å². The zero-order valence-electron chi connectivity index (χ0n) is 12.0. The van der Waals surface area contributed by atoms with Gasteiger partial charge in [-0.05, 0) is 30.5 Å². The van der Waals surface area contributed by atoms with Crippen LogP contribution in [-0.4, -0.2) is 53.4 Å². The summed E-state index contributed by atoms with van der Waals surface area (Å²) in [6.45, 7) is 1.04. The molecule has 0 saturated carbocycles. The van der Waals surface area contributed by atoms with Crippen molar-refractivity contribution in [1.29, 1.82) is 0 Å². The maximum Gasteiger partial charge on any atom is 0.223 e. The van der Waals surface area contributed by atoms with Crippen molar-refractivity contribution in [2.75, 3.05) is 12.8 Å². The van der Waals surface area contributed by atoms with Crippen molar-refractivity contribution in [3.63, 3.8) is 0 Å². The van der Waals surface area contributed by atoms with E-state index in [-0.39, 0.29) is 18.0 Å². The van der Waals surface area contributed by atoms with Crippen LogP contribution in [0, 0.1) is 0 Å². The molecule has 2 aliphatic rings. The van der Waals surface area contributed by atoms with Crippen LogP contribution in [0.3, 0.4) is 0 Å². The number of carbonyl (C=O) groups is 1. The molecular weight excluding hydrogens is 290 g/mol. The molecule has 1 aromatic rings. The number of piperidine rings is 1. The lowest BCUT2D eigenvalue weighted by Gasteiger charge is -2.39. The highest BCUT2D eigenvalue weighted by Crippen LogP contribution is 2.33. The molecule has 2 saturated heterocycles. The molecule has 1 amide bonds. The first-order valence-corrected chi connectivity index (χ1v) is 8.97. The molecule has 0 radical (unpaired) electrons. The van der Waals surface area contributed by atoms with Gasteiger partial charge in [0, 0.05) is 44.0 Å². The first kappa shape index (κ1) is 14.5. The van der Waals surface area contributed by atoms with Crippen LogP contribution in [0.25, 0.3) is 0 Å². The molecule has 1 aromatic heterocycles. The molecule has 0 unspecified atom stereocenters. The highest BCUT2D eigenvalue weighted by molar-refractivity contribution is 7.88. The Morgan fingerprint density at radius 1 is 1.24 bits per heavy atom. The molecule has 0 aromatic carbocycles. The minimum absolute atomic E-state index is 0.00543. The fraction of sp³-hybridized carbons (Fsp3) is 0.571. The minimum atomic E-state index is -3.20. The van der Waals surface area contributed by atoms with E-state index in [0.717, 1.165) is 5.56 Å². The van der Waals surface area contributed by atoms with Crippen molar-refractivity contribution in [3.05, 3.63) is 30.1 Å². The van der Waals surface area contributed by atoms with Crippen LogP contribution < -0.4 is 0 Å². The van der Waals surface area contributed by atoms with E-state index in [2.05, 4.69) is 4.98 Å². The summed E-state index contributed by atoms with van der Waals surface area (Å²) in [6.07, 6.45) is 6.42. The molecule has 114 valence electrons. The molecule has 0 N–H and O–H groups in total. The van der Waals surface area contributed by atoms with Gasteiger partial charge in [-0.1, -0.05) is 0 Å². The van der Waals surface area contributed by atoms with Gasteiger partial charge in [0.1, 0.15) is 0 Å². The Morgan fingerprint density at radius 2 is 1.95 bits per heavy atom. The maximum atomic E-state index is 12.2. The molecule has 2 aliphatic heterocycles. The normalized spacial score (nSPS) is 26.9. The largest absolute Gasteiger partial charge is 0.334 e. The SMILES string of the molecule is CS(=O)(=O)N1CC[C@@H]2[C@H]1CCC(=O)N2Cc1ccncc1. The third-order valence-electron chi connectivity index (χ3n) is 4.36. The van der Waals surface area contributed by atoms with Crippen LogP contribution in [0.1, 0.15) is 24.8 Å². The van der Waals surface area contributed by atoms with E-state index in [0.29, 0.717) is 32.4 Å². The van der Waals surface area contributed by atoms with E-state index in [1.165, 1.54) is 6.26 Å². The number of fused-ring (bicyclic) bond motifs is 1. The summed E-state index contributed by atoms with van der Waals surface area (Å²) < 4.78 is 25.3. The average molecular weight is 309 g/mol. The number of hydrogen-bond donors (Lipinski definition) is 0. The Labute approximate surface area is 124 Å². The van der Waals surface area contributed by atoms with Crippen LogP contribution in [-0.2, 0) is 21.4 Å². The van der Waals surface area contributed by atoms with Crippen molar-refractivity contribution < 1.29 is 13.2 Å². The number of sulfonamides is 1. The second-order valence-corrected chi connectivity index (χ2v) is 7.65. The van der Waals surface area contributed by atoms with E-state index in [9.17, 15) is 13.2 Å². The van der Waals surface area contributed by atoms with Crippen molar-refractivity contribution in [2.24, 2.45) is 0 Å². The smallest absolute Gasteiger partial charge is 0.223 e. The molecule has 0 spiro atoms. The number of hydrogen-bond acceptors (Lipinski definition) is 4. The first-order valence-electron chi connectivity index (χ1n) is 7.12. The van der Waals surface area contributed by atoms with E-state index in [4.69, 9.17) is 0 Å². The Morgan fingerprint density at radius 3 is 2.62 bits per heavy atom. The Balaban J connectivity index is 1.82. The number of likely N-dealkylation sites (tertiary alicyclic amines) is 1. The summed E-state index contributed by atoms with van der Waals surface area (Å²) in [5.41, 5.74) is 1.02. The predicted octanol–water partition coefficient (Wildman–Crippen LogP) is 0.606. The van der Waals surface area contributed by atoms with Crippen LogP contribution in [0.5, 0.6) is 0 Å². The molecular formula is C14H19N3O3S. The topological polar surface area (TPSA) is 70.6 Å². The van der Waals surface area contributed by atoms with E-state index < -0.39 is 10.0 Å². The van der Waals surface area contributed by atoms with Crippen LogP contribution in [0.15, 0.2) is 24.5 Å². The molecule has 21 heavy (non-hydrogen) atoms. The summed E-state index contributed by atoms with van der Waals surface area (Å²) in [5.74, 6) is 0.114. The number of aromatic nitrogens is 1. The van der Waals surface area contributed by atoms with Gasteiger partial charge in [0.2, 0.25) is 15.9 Å². The number of rotatable bonds is 3. The molecule has 3 rings (SSSR count). The van der Waals surface area contributed by atoms with Gasteiger partial charge in [-0.25, -0.2) is 8.42 Å². The summed E-state index contributed by atoms with van der Waals surface area (Å²) >= 11 is 0. The van der Waals surface area contributed by atoms with Gasteiger partial charge in [-0.15, -0.1) is 0 Å². The summed E-state index contributed by atoms with van der Waals surface area (Å²) in [4.78, 5) is 18.1. The third-order valence-corrected chi connectivity index (χ3v) is 5.67. The number of pyridine rings is 1. The van der Waals surface area contributed by atoms with Gasteiger partial charge in [-0.2, -0.15) is 4.31 Å². The molecule has 0 aliphatic carbocycles. The van der Waals surface area contributed by atoms with Gasteiger partial charge < -0.3 is 4.90 Å².